The largest absolute Gasteiger partial charge is 0.339 e. The molecular formula is C28H28FN7O. The van der Waals surface area contributed by atoms with Gasteiger partial charge in [-0.2, -0.15) is 0 Å². The smallest absolute Gasteiger partial charge is 0.227 e. The summed E-state index contributed by atoms with van der Waals surface area (Å²) in [5, 5.41) is 3.03. The van der Waals surface area contributed by atoms with Gasteiger partial charge in [0.25, 0.3) is 0 Å². The molecule has 7 rings (SSSR count). The molecule has 3 aromatic heterocycles. The van der Waals surface area contributed by atoms with Gasteiger partial charge in [0.1, 0.15) is 11.6 Å². The van der Waals surface area contributed by atoms with Crippen LogP contribution < -0.4 is 16.2 Å². The molecular weight excluding hydrogens is 469 g/mol. The Morgan fingerprint density at radius 3 is 2.78 bits per heavy atom. The number of benzene rings is 1. The lowest BCUT2D eigenvalue weighted by Crippen LogP contribution is -2.34. The summed E-state index contributed by atoms with van der Waals surface area (Å²) in [4.78, 5) is 29.4. The first-order valence-corrected chi connectivity index (χ1v) is 13.0. The van der Waals surface area contributed by atoms with Crippen molar-refractivity contribution in [3.05, 3.63) is 72.2 Å². The number of fused-ring (bicyclic) bond motifs is 2. The quantitative estimate of drug-likeness (QED) is 0.321. The van der Waals surface area contributed by atoms with Gasteiger partial charge in [-0.05, 0) is 67.7 Å². The van der Waals surface area contributed by atoms with Crippen molar-refractivity contribution in [3.8, 4) is 11.1 Å². The fourth-order valence-electron chi connectivity index (χ4n) is 5.95. The Hall–Kier alpha value is -3.69. The fourth-order valence-corrected chi connectivity index (χ4v) is 5.95. The Morgan fingerprint density at radius 1 is 1.03 bits per heavy atom. The molecule has 1 aromatic carbocycles. The molecule has 1 saturated heterocycles. The van der Waals surface area contributed by atoms with Crippen LogP contribution in [0.3, 0.4) is 0 Å². The fraction of sp³-hybridized carbons (Fsp3) is 0.357. The predicted molar refractivity (Wildman–Crippen MR) is 138 cm³/mol. The lowest BCUT2D eigenvalue weighted by atomic mass is 9.73. The van der Waals surface area contributed by atoms with Gasteiger partial charge in [0.05, 0.1) is 23.4 Å². The number of H-pyrrole nitrogens is 1. The van der Waals surface area contributed by atoms with Gasteiger partial charge in [-0.25, -0.2) is 19.8 Å². The van der Waals surface area contributed by atoms with Gasteiger partial charge in [-0.3, -0.25) is 15.2 Å². The van der Waals surface area contributed by atoms with E-state index in [1.54, 1.807) is 24.5 Å². The topological polar surface area (TPSA) is 108 Å². The molecule has 4 N–H and O–H groups in total. The number of nitrogens with zero attached hydrogens (tertiary/aromatic N) is 3. The zero-order valence-electron chi connectivity index (χ0n) is 20.2. The van der Waals surface area contributed by atoms with Crippen LogP contribution in [0.1, 0.15) is 55.5 Å². The first kappa shape index (κ1) is 22.5. The summed E-state index contributed by atoms with van der Waals surface area (Å²) in [6, 6.07) is 11.0. The number of carbonyl (C=O) groups is 1. The Morgan fingerprint density at radius 2 is 1.92 bits per heavy atom. The summed E-state index contributed by atoms with van der Waals surface area (Å²) in [6.07, 6.45) is 10.3. The van der Waals surface area contributed by atoms with Crippen LogP contribution in [0.15, 0.2) is 55.0 Å². The van der Waals surface area contributed by atoms with Crippen molar-refractivity contribution >= 4 is 22.8 Å². The second-order valence-corrected chi connectivity index (χ2v) is 10.5. The van der Waals surface area contributed by atoms with E-state index in [4.69, 9.17) is 4.98 Å². The monoisotopic (exact) mass is 497 g/mol. The summed E-state index contributed by atoms with van der Waals surface area (Å²) in [5.41, 5.74) is 11.5. The molecule has 0 radical (unpaired) electrons. The Bertz CT molecular complexity index is 1480. The Balaban J connectivity index is 1.15. The van der Waals surface area contributed by atoms with Gasteiger partial charge < -0.3 is 10.3 Å². The van der Waals surface area contributed by atoms with Gasteiger partial charge in [-0.15, -0.1) is 0 Å². The third-order valence-electron chi connectivity index (χ3n) is 8.07. The first-order valence-electron chi connectivity index (χ1n) is 13.0. The van der Waals surface area contributed by atoms with Crippen LogP contribution in [0.2, 0.25) is 0 Å². The lowest BCUT2D eigenvalue weighted by molar-refractivity contribution is -0.117. The molecule has 37 heavy (non-hydrogen) atoms. The van der Waals surface area contributed by atoms with E-state index in [0.29, 0.717) is 29.1 Å². The second kappa shape index (κ2) is 9.00. The molecule has 4 unspecified atom stereocenters. The van der Waals surface area contributed by atoms with E-state index >= 15 is 0 Å². The number of nitrogens with one attached hydrogen (secondary N) is 4. The van der Waals surface area contributed by atoms with E-state index in [2.05, 4.69) is 37.2 Å². The predicted octanol–water partition coefficient (Wildman–Crippen LogP) is 4.61. The number of halogens is 1. The zero-order chi connectivity index (χ0) is 24.9. The van der Waals surface area contributed by atoms with Crippen LogP contribution >= 0.6 is 0 Å². The Kier molecular flexibility index (Phi) is 5.48. The van der Waals surface area contributed by atoms with Crippen LogP contribution in [-0.4, -0.2) is 31.9 Å². The third-order valence-corrected chi connectivity index (χ3v) is 8.07. The number of rotatable bonds is 5. The number of hydrogen-bond donors (Lipinski definition) is 4. The van der Waals surface area contributed by atoms with Crippen molar-refractivity contribution in [1.29, 1.82) is 0 Å². The first-order chi connectivity index (χ1) is 18.1. The number of imidazole rings is 1. The number of aromatic nitrogens is 4. The highest BCUT2D eigenvalue weighted by atomic mass is 19.1. The lowest BCUT2D eigenvalue weighted by Gasteiger charge is -2.33. The number of anilines is 1. The number of amides is 1. The van der Waals surface area contributed by atoms with Crippen LogP contribution in [0.5, 0.6) is 0 Å². The van der Waals surface area contributed by atoms with E-state index in [9.17, 15) is 9.18 Å². The highest BCUT2D eigenvalue weighted by Gasteiger charge is 2.43. The number of carbonyl (C=O) groups excluding carboxylic acids is 1. The van der Waals surface area contributed by atoms with Crippen molar-refractivity contribution in [3.63, 3.8) is 0 Å². The van der Waals surface area contributed by atoms with E-state index in [1.165, 1.54) is 6.07 Å². The summed E-state index contributed by atoms with van der Waals surface area (Å²) < 4.78 is 14.6. The third kappa shape index (κ3) is 4.18. The van der Waals surface area contributed by atoms with Gasteiger partial charge in [-0.1, -0.05) is 18.2 Å². The summed E-state index contributed by atoms with van der Waals surface area (Å²) >= 11 is 0. The molecule has 3 fully saturated rings. The summed E-state index contributed by atoms with van der Waals surface area (Å²) in [5.74, 6) is 1.43. The van der Waals surface area contributed by atoms with Crippen molar-refractivity contribution in [2.75, 3.05) is 5.32 Å². The summed E-state index contributed by atoms with van der Waals surface area (Å²) in [6.45, 7) is 0. The minimum Gasteiger partial charge on any atom is -0.339 e. The van der Waals surface area contributed by atoms with Crippen molar-refractivity contribution in [2.45, 2.75) is 50.1 Å². The molecule has 3 aliphatic rings. The zero-order valence-corrected chi connectivity index (χ0v) is 20.2. The molecule has 2 aliphatic carbocycles. The van der Waals surface area contributed by atoms with Gasteiger partial charge in [0.15, 0.2) is 5.65 Å². The van der Waals surface area contributed by atoms with E-state index < -0.39 is 0 Å². The van der Waals surface area contributed by atoms with Crippen molar-refractivity contribution in [1.82, 2.24) is 30.8 Å². The van der Waals surface area contributed by atoms with Crippen LogP contribution in [0.4, 0.5) is 10.1 Å². The molecule has 0 spiro atoms. The molecule has 0 bridgehead atoms. The van der Waals surface area contributed by atoms with Crippen LogP contribution in [0, 0.1) is 17.7 Å². The van der Waals surface area contributed by atoms with Gasteiger partial charge >= 0.3 is 0 Å². The van der Waals surface area contributed by atoms with E-state index in [-0.39, 0.29) is 23.7 Å². The number of hydrazine groups is 1. The number of aromatic amines is 1. The van der Waals surface area contributed by atoms with Crippen LogP contribution in [-0.2, 0) is 4.79 Å². The normalized spacial score (nSPS) is 25.2. The standard InChI is InChI=1S/C28H28FN7O/c29-22-4-2-1-3-19(22)20-9-10-31-26-24(20)33-27(34-26)25-21-12-16(7-8-23(21)35-36-25)17-11-18(14-30-13-17)32-28(37)15-5-6-15/h1-4,9-11,13-16,21,23,25,35-36H,5-8,12H2,(H,32,37)(H,31,33,34). The highest BCUT2D eigenvalue weighted by Crippen LogP contribution is 2.44. The highest BCUT2D eigenvalue weighted by molar-refractivity contribution is 5.94. The van der Waals surface area contributed by atoms with Gasteiger partial charge in [0, 0.05) is 35.5 Å². The maximum absolute atomic E-state index is 14.6. The molecule has 1 aliphatic heterocycles. The van der Waals surface area contributed by atoms with Crippen molar-refractivity contribution in [2.24, 2.45) is 11.8 Å². The van der Waals surface area contributed by atoms with E-state index in [0.717, 1.165) is 60.3 Å². The number of hydrogen-bond acceptors (Lipinski definition) is 6. The molecule has 8 nitrogen and oxygen atoms in total. The average Bonchev–Trinajstić information content (AvgIpc) is 3.55. The molecule has 2 saturated carbocycles. The minimum absolute atomic E-state index is 0.0267. The second-order valence-electron chi connectivity index (χ2n) is 10.5. The van der Waals surface area contributed by atoms with Crippen LogP contribution in [0.25, 0.3) is 22.3 Å². The SMILES string of the molecule is O=C(Nc1cncc(C2CCC3NNC(c4nc5nccc(-c6ccccc6F)c5[nH]4)C3C2)c1)C1CC1. The number of pyridine rings is 2. The molecule has 1 amide bonds. The minimum atomic E-state index is -0.272. The Labute approximate surface area is 213 Å². The molecule has 188 valence electrons. The maximum Gasteiger partial charge on any atom is 0.227 e. The average molecular weight is 498 g/mol. The molecule has 4 aromatic rings. The molecule has 9 heteroatoms. The van der Waals surface area contributed by atoms with E-state index in [1.807, 2.05) is 18.3 Å². The summed E-state index contributed by atoms with van der Waals surface area (Å²) in [7, 11) is 0. The molecule has 4 atom stereocenters. The maximum atomic E-state index is 14.6. The molecule has 4 heterocycles. The van der Waals surface area contributed by atoms with Gasteiger partial charge in [0.2, 0.25) is 5.91 Å². The van der Waals surface area contributed by atoms with Crippen molar-refractivity contribution < 1.29 is 9.18 Å².